The minimum Gasteiger partial charge on any atom is -0.355 e. The predicted octanol–water partition coefficient (Wildman–Crippen LogP) is 3.54. The Hall–Kier alpha value is -3.65. The van der Waals surface area contributed by atoms with Crippen molar-refractivity contribution in [1.29, 1.82) is 0 Å². The van der Waals surface area contributed by atoms with Gasteiger partial charge in [0.1, 0.15) is 12.6 Å². The summed E-state index contributed by atoms with van der Waals surface area (Å²) in [5.41, 5.74) is 3.02. The molecule has 0 aromatic heterocycles. The van der Waals surface area contributed by atoms with Gasteiger partial charge in [0.15, 0.2) is 0 Å². The lowest BCUT2D eigenvalue weighted by Gasteiger charge is -2.33. The number of hydrogen-bond donors (Lipinski definition) is 1. The van der Waals surface area contributed by atoms with Crippen molar-refractivity contribution in [3.05, 3.63) is 102 Å². The molecule has 0 heterocycles. The van der Waals surface area contributed by atoms with Crippen LogP contribution in [-0.4, -0.2) is 50.5 Å². The first-order chi connectivity index (χ1) is 17.2. The van der Waals surface area contributed by atoms with Gasteiger partial charge < -0.3 is 10.2 Å². The zero-order valence-corrected chi connectivity index (χ0v) is 21.7. The maximum atomic E-state index is 13.8. The summed E-state index contributed by atoms with van der Waals surface area (Å²) in [5.74, 6) is -0.745. The van der Waals surface area contributed by atoms with Crippen molar-refractivity contribution in [3.8, 4) is 0 Å². The Balaban J connectivity index is 2.01. The Morgan fingerprint density at radius 1 is 0.889 bits per heavy atom. The largest absolute Gasteiger partial charge is 0.355 e. The van der Waals surface area contributed by atoms with Gasteiger partial charge in [-0.1, -0.05) is 72.8 Å². The number of nitrogens with zero attached hydrogens (tertiary/aromatic N) is 2. The molecular formula is C28H33N3O4S. The van der Waals surface area contributed by atoms with E-state index in [0.717, 1.165) is 27.3 Å². The molecule has 36 heavy (non-hydrogen) atoms. The van der Waals surface area contributed by atoms with Crippen molar-refractivity contribution >= 4 is 27.5 Å². The lowest BCUT2D eigenvalue weighted by atomic mass is 10.0. The van der Waals surface area contributed by atoms with Crippen molar-refractivity contribution in [2.45, 2.75) is 32.9 Å². The molecule has 3 aromatic carbocycles. The first-order valence-corrected chi connectivity index (χ1v) is 13.7. The highest BCUT2D eigenvalue weighted by Gasteiger charge is 2.32. The third kappa shape index (κ3) is 7.42. The molecule has 0 saturated carbocycles. The maximum absolute atomic E-state index is 13.8. The Kier molecular flexibility index (Phi) is 9.25. The van der Waals surface area contributed by atoms with Crippen LogP contribution in [0.3, 0.4) is 0 Å². The van der Waals surface area contributed by atoms with Gasteiger partial charge in [0.05, 0.1) is 11.9 Å². The van der Waals surface area contributed by atoms with E-state index in [-0.39, 0.29) is 12.5 Å². The Labute approximate surface area is 213 Å². The van der Waals surface area contributed by atoms with E-state index in [0.29, 0.717) is 18.7 Å². The average molecular weight is 508 g/mol. The van der Waals surface area contributed by atoms with Crippen molar-refractivity contribution < 1.29 is 18.0 Å². The number of benzene rings is 3. The summed E-state index contributed by atoms with van der Waals surface area (Å²) in [7, 11) is -3.77. The molecule has 0 aliphatic carbocycles. The van der Waals surface area contributed by atoms with Crippen molar-refractivity contribution in [2.75, 3.05) is 23.7 Å². The smallest absolute Gasteiger partial charge is 0.244 e. The molecule has 2 amide bonds. The number of hydrogen-bond acceptors (Lipinski definition) is 4. The molecule has 0 aliphatic rings. The summed E-state index contributed by atoms with van der Waals surface area (Å²) < 4.78 is 26.6. The van der Waals surface area contributed by atoms with Crippen LogP contribution >= 0.6 is 0 Å². The van der Waals surface area contributed by atoms with Gasteiger partial charge in [0.2, 0.25) is 21.8 Å². The van der Waals surface area contributed by atoms with E-state index in [1.165, 1.54) is 4.90 Å². The van der Waals surface area contributed by atoms with E-state index < -0.39 is 28.5 Å². The van der Waals surface area contributed by atoms with E-state index in [9.17, 15) is 18.0 Å². The van der Waals surface area contributed by atoms with Gasteiger partial charge >= 0.3 is 0 Å². The second-order valence-corrected chi connectivity index (χ2v) is 10.6. The monoisotopic (exact) mass is 507 g/mol. The molecule has 7 nitrogen and oxygen atoms in total. The van der Waals surface area contributed by atoms with Crippen LogP contribution in [0, 0.1) is 6.92 Å². The molecule has 0 bridgehead atoms. The van der Waals surface area contributed by atoms with Gasteiger partial charge in [0.25, 0.3) is 0 Å². The second kappa shape index (κ2) is 12.4. The molecule has 3 aromatic rings. The number of carbonyl (C=O) groups is 2. The highest BCUT2D eigenvalue weighted by molar-refractivity contribution is 7.92. The van der Waals surface area contributed by atoms with E-state index >= 15 is 0 Å². The highest BCUT2D eigenvalue weighted by Crippen LogP contribution is 2.21. The summed E-state index contributed by atoms with van der Waals surface area (Å²) in [6, 6.07) is 25.0. The third-order valence-corrected chi connectivity index (χ3v) is 6.93. The van der Waals surface area contributed by atoms with E-state index in [1.54, 1.807) is 18.2 Å². The molecule has 0 saturated heterocycles. The van der Waals surface area contributed by atoms with E-state index in [1.807, 2.05) is 80.6 Å². The van der Waals surface area contributed by atoms with Crippen LogP contribution in [0.15, 0.2) is 84.9 Å². The van der Waals surface area contributed by atoms with Crippen LogP contribution in [0.25, 0.3) is 0 Å². The van der Waals surface area contributed by atoms with Gasteiger partial charge in [-0.15, -0.1) is 0 Å². The number of nitrogens with one attached hydrogen (secondary N) is 1. The topological polar surface area (TPSA) is 86.8 Å². The lowest BCUT2D eigenvalue weighted by molar-refractivity contribution is -0.140. The molecule has 8 heteroatoms. The molecule has 0 fully saturated rings. The van der Waals surface area contributed by atoms with Crippen molar-refractivity contribution in [3.63, 3.8) is 0 Å². The highest BCUT2D eigenvalue weighted by atomic mass is 32.2. The first kappa shape index (κ1) is 26.9. The summed E-state index contributed by atoms with van der Waals surface area (Å²) >= 11 is 0. The molecule has 0 radical (unpaired) electrons. The van der Waals surface area contributed by atoms with Crippen molar-refractivity contribution in [1.82, 2.24) is 10.2 Å². The van der Waals surface area contributed by atoms with Gasteiger partial charge in [-0.05, 0) is 42.7 Å². The molecule has 3 rings (SSSR count). The maximum Gasteiger partial charge on any atom is 0.244 e. The third-order valence-electron chi connectivity index (χ3n) is 5.79. The number of sulfonamides is 1. The number of likely N-dealkylation sites (N-methyl/N-ethyl adjacent to an activating group) is 1. The fraction of sp³-hybridized carbons (Fsp3) is 0.286. The van der Waals surface area contributed by atoms with Crippen LogP contribution in [0.4, 0.5) is 5.69 Å². The number of rotatable bonds is 11. The fourth-order valence-corrected chi connectivity index (χ4v) is 4.86. The number of carbonyl (C=O) groups excluding carboxylic acids is 2. The summed E-state index contributed by atoms with van der Waals surface area (Å²) in [6.07, 6.45) is 1.38. The first-order valence-electron chi connectivity index (χ1n) is 11.9. The Morgan fingerprint density at radius 2 is 1.50 bits per heavy atom. The van der Waals surface area contributed by atoms with E-state index in [4.69, 9.17) is 0 Å². The lowest BCUT2D eigenvalue weighted by Crippen LogP contribution is -2.53. The zero-order valence-electron chi connectivity index (χ0n) is 20.9. The predicted molar refractivity (Wildman–Crippen MR) is 143 cm³/mol. The Morgan fingerprint density at radius 3 is 2.06 bits per heavy atom. The summed E-state index contributed by atoms with van der Waals surface area (Å²) in [6.45, 7) is 3.85. The van der Waals surface area contributed by atoms with Crippen LogP contribution < -0.4 is 9.62 Å². The summed E-state index contributed by atoms with van der Waals surface area (Å²) in [5, 5.41) is 2.85. The number of anilines is 1. The molecule has 0 spiro atoms. The molecular weight excluding hydrogens is 474 g/mol. The van der Waals surface area contributed by atoms with Gasteiger partial charge in [0, 0.05) is 19.5 Å². The quantitative estimate of drug-likeness (QED) is 0.430. The molecule has 0 aliphatic heterocycles. The molecule has 0 unspecified atom stereocenters. The van der Waals surface area contributed by atoms with Gasteiger partial charge in [-0.3, -0.25) is 13.9 Å². The SMILES string of the molecule is CCNC(=O)[C@@H](Cc1ccccc1)N(Cc1ccccc1)C(=O)CN(c1cccc(C)c1)S(C)(=O)=O. The average Bonchev–Trinajstić information content (AvgIpc) is 2.85. The minimum atomic E-state index is -3.77. The van der Waals surface area contributed by atoms with Crippen LogP contribution in [0.5, 0.6) is 0 Å². The van der Waals surface area contributed by atoms with Crippen molar-refractivity contribution in [2.24, 2.45) is 0 Å². The number of amides is 2. The normalized spacial score (nSPS) is 12.0. The van der Waals surface area contributed by atoms with Crippen LogP contribution in [-0.2, 0) is 32.6 Å². The van der Waals surface area contributed by atoms with E-state index in [2.05, 4.69) is 5.32 Å². The molecule has 1 N–H and O–H groups in total. The van der Waals surface area contributed by atoms with Crippen LogP contribution in [0.2, 0.25) is 0 Å². The Bertz CT molecular complexity index is 1260. The molecule has 190 valence electrons. The number of aryl methyl sites for hydroxylation is 1. The molecule has 1 atom stereocenters. The zero-order chi connectivity index (χ0) is 26.1. The summed E-state index contributed by atoms with van der Waals surface area (Å²) in [4.78, 5) is 28.6. The van der Waals surface area contributed by atoms with Gasteiger partial charge in [-0.2, -0.15) is 0 Å². The van der Waals surface area contributed by atoms with Gasteiger partial charge in [-0.25, -0.2) is 8.42 Å². The second-order valence-electron chi connectivity index (χ2n) is 8.72. The standard InChI is InChI=1S/C28H33N3O4S/c1-4-29-28(33)26(19-23-13-7-5-8-14-23)30(20-24-15-9-6-10-16-24)27(32)21-31(36(3,34)35)25-17-11-12-22(2)18-25/h5-18,26H,4,19-21H2,1-3H3,(H,29,33)/t26-/m1/s1. The fourth-order valence-electron chi connectivity index (χ4n) is 4.02. The van der Waals surface area contributed by atoms with Crippen LogP contribution in [0.1, 0.15) is 23.6 Å². The minimum absolute atomic E-state index is 0.166.